The SMILES string of the molecule is O=C(NC(CO)c1ccc(Cl)cc1)c1cc(F)cc2cccnc12. The predicted octanol–water partition coefficient (Wildman–Crippen LogP) is 3.49. The van der Waals surface area contributed by atoms with E-state index in [4.69, 9.17) is 11.6 Å². The molecule has 2 aromatic carbocycles. The molecule has 122 valence electrons. The number of pyridine rings is 1. The van der Waals surface area contributed by atoms with Crippen LogP contribution in [-0.4, -0.2) is 22.6 Å². The number of amides is 1. The predicted molar refractivity (Wildman–Crippen MR) is 90.4 cm³/mol. The summed E-state index contributed by atoms with van der Waals surface area (Å²) in [4.78, 5) is 16.7. The summed E-state index contributed by atoms with van der Waals surface area (Å²) in [5.74, 6) is -1.03. The Balaban J connectivity index is 1.93. The van der Waals surface area contributed by atoms with Crippen LogP contribution in [0.1, 0.15) is 22.0 Å². The first-order chi connectivity index (χ1) is 11.6. The number of carbonyl (C=O) groups excluding carboxylic acids is 1. The molecule has 6 heteroatoms. The number of nitrogens with zero attached hydrogens (tertiary/aromatic N) is 1. The molecule has 1 atom stereocenters. The van der Waals surface area contributed by atoms with Crippen LogP contribution in [0.2, 0.25) is 5.02 Å². The van der Waals surface area contributed by atoms with E-state index in [0.29, 0.717) is 21.5 Å². The Labute approximate surface area is 142 Å². The molecule has 0 saturated carbocycles. The molecule has 3 rings (SSSR count). The summed E-state index contributed by atoms with van der Waals surface area (Å²) >= 11 is 5.84. The fourth-order valence-corrected chi connectivity index (χ4v) is 2.62. The Morgan fingerprint density at radius 2 is 2.00 bits per heavy atom. The Morgan fingerprint density at radius 3 is 2.71 bits per heavy atom. The lowest BCUT2D eigenvalue weighted by Gasteiger charge is -2.17. The van der Waals surface area contributed by atoms with Gasteiger partial charge in [0.1, 0.15) is 5.82 Å². The minimum Gasteiger partial charge on any atom is -0.394 e. The van der Waals surface area contributed by atoms with Crippen LogP contribution in [0.4, 0.5) is 4.39 Å². The average Bonchev–Trinajstić information content (AvgIpc) is 2.59. The maximum Gasteiger partial charge on any atom is 0.254 e. The van der Waals surface area contributed by atoms with Crippen molar-refractivity contribution < 1.29 is 14.3 Å². The number of rotatable bonds is 4. The first-order valence-corrected chi connectivity index (χ1v) is 7.68. The highest BCUT2D eigenvalue weighted by Crippen LogP contribution is 2.21. The second-order valence-electron chi connectivity index (χ2n) is 5.29. The number of halogens is 2. The third-order valence-electron chi connectivity index (χ3n) is 3.67. The van der Waals surface area contributed by atoms with E-state index in [2.05, 4.69) is 10.3 Å². The van der Waals surface area contributed by atoms with Crippen LogP contribution in [0.25, 0.3) is 10.9 Å². The number of fused-ring (bicyclic) bond motifs is 1. The molecular weight excluding hydrogens is 331 g/mol. The lowest BCUT2D eigenvalue weighted by molar-refractivity contribution is 0.0917. The van der Waals surface area contributed by atoms with E-state index < -0.39 is 17.8 Å². The van der Waals surface area contributed by atoms with Crippen LogP contribution >= 0.6 is 11.6 Å². The number of hydrogen-bond donors (Lipinski definition) is 2. The van der Waals surface area contributed by atoms with Crippen molar-refractivity contribution in [3.8, 4) is 0 Å². The monoisotopic (exact) mass is 344 g/mol. The van der Waals surface area contributed by atoms with Crippen LogP contribution < -0.4 is 5.32 Å². The molecule has 0 bridgehead atoms. The first kappa shape index (κ1) is 16.4. The summed E-state index contributed by atoms with van der Waals surface area (Å²) in [5, 5.41) is 13.4. The normalized spacial score (nSPS) is 12.1. The van der Waals surface area contributed by atoms with Crippen molar-refractivity contribution in [3.05, 3.63) is 76.7 Å². The van der Waals surface area contributed by atoms with E-state index in [9.17, 15) is 14.3 Å². The summed E-state index contributed by atoms with van der Waals surface area (Å²) in [7, 11) is 0. The molecule has 0 aliphatic heterocycles. The van der Waals surface area contributed by atoms with Crippen molar-refractivity contribution in [2.45, 2.75) is 6.04 Å². The van der Waals surface area contributed by atoms with Gasteiger partial charge in [0.2, 0.25) is 0 Å². The maximum absolute atomic E-state index is 13.8. The summed E-state index contributed by atoms with van der Waals surface area (Å²) in [6.07, 6.45) is 1.54. The molecule has 1 heterocycles. The van der Waals surface area contributed by atoms with Crippen molar-refractivity contribution in [1.29, 1.82) is 0 Å². The average molecular weight is 345 g/mol. The topological polar surface area (TPSA) is 62.2 Å². The summed E-state index contributed by atoms with van der Waals surface area (Å²) in [5.41, 5.74) is 1.23. The van der Waals surface area contributed by atoms with Gasteiger partial charge in [-0.05, 0) is 35.9 Å². The molecule has 0 spiro atoms. The third kappa shape index (κ3) is 3.37. The number of nitrogens with one attached hydrogen (secondary N) is 1. The van der Waals surface area contributed by atoms with E-state index in [1.807, 2.05) is 0 Å². The molecule has 1 unspecified atom stereocenters. The van der Waals surface area contributed by atoms with Gasteiger partial charge < -0.3 is 10.4 Å². The van der Waals surface area contributed by atoms with Crippen molar-refractivity contribution in [3.63, 3.8) is 0 Å². The molecule has 1 amide bonds. The third-order valence-corrected chi connectivity index (χ3v) is 3.93. The van der Waals surface area contributed by atoms with Gasteiger partial charge in [0.25, 0.3) is 5.91 Å². The summed E-state index contributed by atoms with van der Waals surface area (Å²) in [6, 6.07) is 12.0. The number of benzene rings is 2. The smallest absolute Gasteiger partial charge is 0.254 e. The van der Waals surface area contributed by atoms with E-state index in [1.165, 1.54) is 6.07 Å². The van der Waals surface area contributed by atoms with Crippen molar-refractivity contribution >= 4 is 28.4 Å². The zero-order valence-electron chi connectivity index (χ0n) is 12.5. The van der Waals surface area contributed by atoms with Crippen LogP contribution in [-0.2, 0) is 0 Å². The van der Waals surface area contributed by atoms with Crippen molar-refractivity contribution in [1.82, 2.24) is 10.3 Å². The number of aliphatic hydroxyl groups is 1. The molecule has 4 nitrogen and oxygen atoms in total. The van der Waals surface area contributed by atoms with Crippen LogP contribution in [0, 0.1) is 5.82 Å². The van der Waals surface area contributed by atoms with Crippen LogP contribution in [0.5, 0.6) is 0 Å². The number of carbonyl (C=O) groups is 1. The summed E-state index contributed by atoms with van der Waals surface area (Å²) in [6.45, 7) is -0.298. The van der Waals surface area contributed by atoms with Gasteiger partial charge in [-0.3, -0.25) is 9.78 Å². The van der Waals surface area contributed by atoms with Gasteiger partial charge in [-0.25, -0.2) is 4.39 Å². The molecular formula is C18H14ClFN2O2. The molecule has 1 aromatic heterocycles. The maximum atomic E-state index is 13.8. The molecule has 2 N–H and O–H groups in total. The first-order valence-electron chi connectivity index (χ1n) is 7.30. The largest absolute Gasteiger partial charge is 0.394 e. The quantitative estimate of drug-likeness (QED) is 0.761. The van der Waals surface area contributed by atoms with Crippen molar-refractivity contribution in [2.75, 3.05) is 6.61 Å². The fraction of sp³-hybridized carbons (Fsp3) is 0.111. The Morgan fingerprint density at radius 1 is 1.25 bits per heavy atom. The molecule has 24 heavy (non-hydrogen) atoms. The second-order valence-corrected chi connectivity index (χ2v) is 5.73. The number of aromatic nitrogens is 1. The number of aliphatic hydroxyl groups excluding tert-OH is 1. The zero-order valence-corrected chi connectivity index (χ0v) is 13.3. The lowest BCUT2D eigenvalue weighted by Crippen LogP contribution is -2.31. The van der Waals surface area contributed by atoms with Gasteiger partial charge in [-0.1, -0.05) is 29.8 Å². The van der Waals surface area contributed by atoms with Crippen molar-refractivity contribution in [2.24, 2.45) is 0 Å². The van der Waals surface area contributed by atoms with Gasteiger partial charge >= 0.3 is 0 Å². The molecule has 0 fully saturated rings. The molecule has 0 aliphatic rings. The molecule has 3 aromatic rings. The van der Waals surface area contributed by atoms with Gasteiger partial charge in [0.05, 0.1) is 23.7 Å². The van der Waals surface area contributed by atoms with Gasteiger partial charge in [-0.2, -0.15) is 0 Å². The Kier molecular flexibility index (Phi) is 4.74. The Hall–Kier alpha value is -2.50. The standard InChI is InChI=1S/C18H14ClFN2O2/c19-13-5-3-11(4-6-13)16(10-23)22-18(24)15-9-14(20)8-12-2-1-7-21-17(12)15/h1-9,16,23H,10H2,(H,22,24). The van der Waals surface area contributed by atoms with Gasteiger partial charge in [0, 0.05) is 16.6 Å². The summed E-state index contributed by atoms with van der Waals surface area (Å²) < 4.78 is 13.8. The molecule has 0 radical (unpaired) electrons. The van der Waals surface area contributed by atoms with Gasteiger partial charge in [-0.15, -0.1) is 0 Å². The highest BCUT2D eigenvalue weighted by molar-refractivity contribution is 6.30. The Bertz CT molecular complexity index is 884. The number of hydrogen-bond acceptors (Lipinski definition) is 3. The fourth-order valence-electron chi connectivity index (χ4n) is 2.49. The minimum absolute atomic E-state index is 0.123. The highest BCUT2D eigenvalue weighted by Gasteiger charge is 2.18. The zero-order chi connectivity index (χ0) is 17.1. The highest BCUT2D eigenvalue weighted by atomic mass is 35.5. The van der Waals surface area contributed by atoms with E-state index in [1.54, 1.807) is 42.6 Å². The molecule has 0 saturated heterocycles. The van der Waals surface area contributed by atoms with Crippen LogP contribution in [0.3, 0.4) is 0 Å². The van der Waals surface area contributed by atoms with E-state index in [-0.39, 0.29) is 12.2 Å². The minimum atomic E-state index is -0.628. The lowest BCUT2D eigenvalue weighted by atomic mass is 10.1. The van der Waals surface area contributed by atoms with Gasteiger partial charge in [0.15, 0.2) is 0 Å². The van der Waals surface area contributed by atoms with E-state index in [0.717, 1.165) is 6.07 Å². The second kappa shape index (κ2) is 6.95. The molecule has 0 aliphatic carbocycles. The van der Waals surface area contributed by atoms with Crippen LogP contribution in [0.15, 0.2) is 54.7 Å². The van der Waals surface area contributed by atoms with E-state index >= 15 is 0 Å².